The second-order valence-electron chi connectivity index (χ2n) is 10.6. The zero-order valence-corrected chi connectivity index (χ0v) is 20.4. The van der Waals surface area contributed by atoms with Crippen molar-refractivity contribution in [3.05, 3.63) is 29.6 Å². The van der Waals surface area contributed by atoms with Crippen LogP contribution in [-0.2, 0) is 20.9 Å². The summed E-state index contributed by atoms with van der Waals surface area (Å²) in [7, 11) is 5.27. The Morgan fingerprint density at radius 3 is 2.35 bits per heavy atom. The number of hydrogen-bond acceptors (Lipinski definition) is 5. The van der Waals surface area contributed by atoms with E-state index in [1.807, 2.05) is 23.9 Å². The van der Waals surface area contributed by atoms with E-state index in [0.29, 0.717) is 38.1 Å². The molecule has 0 radical (unpaired) electrons. The molecule has 4 atom stereocenters. The van der Waals surface area contributed by atoms with Gasteiger partial charge in [0.2, 0.25) is 11.8 Å². The molecule has 5 rings (SSSR count). The number of carbonyl (C=O) groups is 2. The van der Waals surface area contributed by atoms with E-state index in [9.17, 15) is 14.0 Å². The first-order valence-corrected chi connectivity index (χ1v) is 12.5. The van der Waals surface area contributed by atoms with E-state index in [0.717, 1.165) is 37.8 Å². The number of rotatable bonds is 9. The molecule has 0 aromatic heterocycles. The molecule has 0 N–H and O–H groups in total. The summed E-state index contributed by atoms with van der Waals surface area (Å²) in [6, 6.07) is 5.87. The first-order chi connectivity index (χ1) is 16.4. The van der Waals surface area contributed by atoms with Gasteiger partial charge >= 0.3 is 0 Å². The van der Waals surface area contributed by atoms with Crippen molar-refractivity contribution < 1.29 is 23.5 Å². The van der Waals surface area contributed by atoms with E-state index >= 15 is 0 Å². The highest BCUT2D eigenvalue weighted by atomic mass is 19.1. The van der Waals surface area contributed by atoms with Crippen LogP contribution in [0, 0.1) is 17.7 Å². The van der Waals surface area contributed by atoms with Gasteiger partial charge in [0.15, 0.2) is 11.6 Å². The Bertz CT molecular complexity index is 935. The van der Waals surface area contributed by atoms with Crippen molar-refractivity contribution in [1.82, 2.24) is 14.7 Å². The van der Waals surface area contributed by atoms with Gasteiger partial charge < -0.3 is 19.3 Å². The number of hydrogen-bond donors (Lipinski definition) is 0. The lowest BCUT2D eigenvalue weighted by Gasteiger charge is -2.26. The predicted octanol–water partition coefficient (Wildman–Crippen LogP) is 2.67. The Morgan fingerprint density at radius 2 is 1.74 bits per heavy atom. The van der Waals surface area contributed by atoms with Gasteiger partial charge in [0.1, 0.15) is 0 Å². The van der Waals surface area contributed by atoms with Crippen molar-refractivity contribution in [2.75, 3.05) is 34.4 Å². The van der Waals surface area contributed by atoms with Crippen LogP contribution in [0.4, 0.5) is 4.39 Å². The third-order valence-electron chi connectivity index (χ3n) is 8.23. The fraction of sp³-hybridized carbons (Fsp3) is 0.692. The minimum Gasteiger partial charge on any atom is -0.494 e. The van der Waals surface area contributed by atoms with E-state index in [2.05, 4.69) is 4.90 Å². The van der Waals surface area contributed by atoms with Crippen LogP contribution in [0.2, 0.25) is 0 Å². The molecule has 4 fully saturated rings. The summed E-state index contributed by atoms with van der Waals surface area (Å²) < 4.78 is 25.3. The molecule has 8 heteroatoms. The molecule has 2 aliphatic carbocycles. The quantitative estimate of drug-likeness (QED) is 0.552. The third-order valence-corrected chi connectivity index (χ3v) is 8.23. The third kappa shape index (κ3) is 4.80. The smallest absolute Gasteiger partial charge is 0.225 e. The summed E-state index contributed by atoms with van der Waals surface area (Å²) in [5, 5.41) is 0. The molecule has 0 spiro atoms. The second kappa shape index (κ2) is 9.46. The Hall–Kier alpha value is -2.19. The maximum atomic E-state index is 13.9. The fourth-order valence-electron chi connectivity index (χ4n) is 5.85. The van der Waals surface area contributed by atoms with E-state index < -0.39 is 0 Å². The van der Waals surface area contributed by atoms with Gasteiger partial charge in [-0.1, -0.05) is 6.07 Å². The normalized spacial score (nSPS) is 28.6. The van der Waals surface area contributed by atoms with Gasteiger partial charge in [-0.3, -0.25) is 14.5 Å². The number of likely N-dealkylation sites (tertiary alicyclic amines) is 1. The molecule has 34 heavy (non-hydrogen) atoms. The summed E-state index contributed by atoms with van der Waals surface area (Å²) in [4.78, 5) is 32.0. The number of nitrogens with zero attached hydrogens (tertiary/aromatic N) is 3. The van der Waals surface area contributed by atoms with Crippen molar-refractivity contribution in [1.29, 1.82) is 0 Å². The van der Waals surface area contributed by atoms with Gasteiger partial charge in [0.05, 0.1) is 26.2 Å². The van der Waals surface area contributed by atoms with Crippen LogP contribution in [0.25, 0.3) is 0 Å². The summed E-state index contributed by atoms with van der Waals surface area (Å²) >= 11 is 0. The topological polar surface area (TPSA) is 62.3 Å². The van der Waals surface area contributed by atoms with Gasteiger partial charge in [-0.25, -0.2) is 4.39 Å². The maximum Gasteiger partial charge on any atom is 0.225 e. The minimum atomic E-state index is -0.375. The van der Waals surface area contributed by atoms with Gasteiger partial charge in [-0.2, -0.15) is 0 Å². The second-order valence-corrected chi connectivity index (χ2v) is 10.6. The molecular formula is C26H36FN3O4. The van der Waals surface area contributed by atoms with Crippen LogP contribution in [0.3, 0.4) is 0 Å². The molecule has 0 bridgehead atoms. The monoisotopic (exact) mass is 473 g/mol. The molecule has 2 saturated carbocycles. The molecular weight excluding hydrogens is 437 g/mol. The first-order valence-electron chi connectivity index (χ1n) is 12.5. The highest BCUT2D eigenvalue weighted by Crippen LogP contribution is 2.43. The Labute approximate surface area is 201 Å². The summed E-state index contributed by atoms with van der Waals surface area (Å²) in [6.45, 7) is 1.95. The van der Waals surface area contributed by atoms with Crippen molar-refractivity contribution >= 4 is 11.8 Å². The SMILES string of the molecule is COc1cc(CN2C[C@@H](CC(=O)N(C)C3CC3)[C@H]3[C@H](CC(=O)N(C)C4CC4)OC[C@H]32)ccc1F. The molecule has 2 heterocycles. The van der Waals surface area contributed by atoms with E-state index in [4.69, 9.17) is 9.47 Å². The largest absolute Gasteiger partial charge is 0.494 e. The number of amides is 2. The highest BCUT2D eigenvalue weighted by Gasteiger charge is 2.52. The van der Waals surface area contributed by atoms with E-state index in [-0.39, 0.29) is 47.4 Å². The molecule has 2 aliphatic heterocycles. The predicted molar refractivity (Wildman–Crippen MR) is 125 cm³/mol. The molecule has 0 unspecified atom stereocenters. The number of benzene rings is 1. The van der Waals surface area contributed by atoms with Gasteiger partial charge in [-0.05, 0) is 49.3 Å². The maximum absolute atomic E-state index is 13.9. The van der Waals surface area contributed by atoms with Crippen LogP contribution < -0.4 is 4.74 Å². The van der Waals surface area contributed by atoms with Gasteiger partial charge in [0, 0.05) is 57.6 Å². The number of carbonyl (C=O) groups excluding carboxylic acids is 2. The summed E-state index contributed by atoms with van der Waals surface area (Å²) in [5.74, 6) is 0.446. The zero-order chi connectivity index (χ0) is 24.0. The lowest BCUT2D eigenvalue weighted by atomic mass is 9.84. The fourth-order valence-corrected chi connectivity index (χ4v) is 5.85. The first kappa shape index (κ1) is 23.5. The summed E-state index contributed by atoms with van der Waals surface area (Å²) in [5.41, 5.74) is 0.965. The van der Waals surface area contributed by atoms with Crippen LogP contribution in [0.15, 0.2) is 18.2 Å². The van der Waals surface area contributed by atoms with E-state index in [1.54, 1.807) is 12.1 Å². The molecule has 1 aromatic rings. The Morgan fingerprint density at radius 1 is 1.09 bits per heavy atom. The lowest BCUT2D eigenvalue weighted by Crippen LogP contribution is -2.37. The van der Waals surface area contributed by atoms with Crippen LogP contribution in [0.1, 0.15) is 44.1 Å². The molecule has 2 amide bonds. The minimum absolute atomic E-state index is 0.132. The average molecular weight is 474 g/mol. The number of ether oxygens (including phenoxy) is 2. The number of methoxy groups -OCH3 is 1. The Kier molecular flexibility index (Phi) is 6.55. The van der Waals surface area contributed by atoms with E-state index in [1.165, 1.54) is 13.2 Å². The van der Waals surface area contributed by atoms with Gasteiger partial charge in [-0.15, -0.1) is 0 Å². The standard InChI is InChI=1S/C26H36FN3O4/c1-28(18-5-6-18)24(31)11-17-14-30(13-16-4-9-20(27)22(10-16)33-3)21-15-34-23(26(17)21)12-25(32)29(2)19-7-8-19/h4,9-10,17-19,21,23,26H,5-8,11-15H2,1-3H3/t17-,21-,23+,26-/m1/s1. The van der Waals surface area contributed by atoms with Crippen molar-refractivity contribution in [2.24, 2.45) is 11.8 Å². The van der Waals surface area contributed by atoms with Crippen LogP contribution in [0.5, 0.6) is 5.75 Å². The molecule has 1 aromatic carbocycles. The molecule has 2 saturated heterocycles. The van der Waals surface area contributed by atoms with Crippen molar-refractivity contribution in [3.8, 4) is 5.75 Å². The molecule has 4 aliphatic rings. The number of halogens is 1. The summed E-state index contributed by atoms with van der Waals surface area (Å²) in [6.07, 6.45) is 5.02. The van der Waals surface area contributed by atoms with Crippen molar-refractivity contribution in [2.45, 2.75) is 69.3 Å². The number of fused-ring (bicyclic) bond motifs is 1. The lowest BCUT2D eigenvalue weighted by molar-refractivity contribution is -0.133. The Balaban J connectivity index is 1.32. The zero-order valence-electron chi connectivity index (χ0n) is 20.4. The van der Waals surface area contributed by atoms with Crippen molar-refractivity contribution in [3.63, 3.8) is 0 Å². The van der Waals surface area contributed by atoms with Gasteiger partial charge in [0.25, 0.3) is 0 Å². The highest BCUT2D eigenvalue weighted by molar-refractivity contribution is 5.78. The molecule has 7 nitrogen and oxygen atoms in total. The van der Waals surface area contributed by atoms with Crippen LogP contribution >= 0.6 is 0 Å². The van der Waals surface area contributed by atoms with Crippen LogP contribution in [-0.4, -0.2) is 85.1 Å². The molecule has 186 valence electrons. The average Bonchev–Trinajstić information content (AvgIpc) is 3.75.